The molecule has 0 radical (unpaired) electrons. The van der Waals surface area contributed by atoms with Crippen LogP contribution in [0.2, 0.25) is 0 Å². The van der Waals surface area contributed by atoms with Gasteiger partial charge in [0, 0.05) is 13.6 Å². The average Bonchev–Trinajstić information content (AvgIpc) is 2.32. The molecule has 17 heavy (non-hydrogen) atoms. The van der Waals surface area contributed by atoms with Crippen molar-refractivity contribution in [2.24, 2.45) is 0 Å². The lowest BCUT2D eigenvalue weighted by Crippen LogP contribution is -2.46. The van der Waals surface area contributed by atoms with Crippen LogP contribution in [0.4, 0.5) is 5.69 Å². The van der Waals surface area contributed by atoms with Crippen LogP contribution in [0.3, 0.4) is 0 Å². The van der Waals surface area contributed by atoms with Crippen LogP contribution in [0.1, 0.15) is 10.4 Å². The zero-order chi connectivity index (χ0) is 12.4. The number of aromatic carboxylic acids is 1. The van der Waals surface area contributed by atoms with Crippen LogP contribution in [0.25, 0.3) is 0 Å². The summed E-state index contributed by atoms with van der Waals surface area (Å²) < 4.78 is 5.60. The number of hydrogen-bond acceptors (Lipinski definition) is 4. The summed E-state index contributed by atoms with van der Waals surface area (Å²) in [4.78, 5) is 13.0. The molecular formula is C12H16N2O3. The van der Waals surface area contributed by atoms with E-state index in [4.69, 9.17) is 9.84 Å². The molecule has 1 aliphatic rings. The third-order valence-corrected chi connectivity index (χ3v) is 3.01. The van der Waals surface area contributed by atoms with Gasteiger partial charge in [0.05, 0.1) is 17.3 Å². The molecule has 0 saturated heterocycles. The highest BCUT2D eigenvalue weighted by Gasteiger charge is 2.24. The molecule has 1 heterocycles. The first-order valence-corrected chi connectivity index (χ1v) is 5.51. The number of ether oxygens (including phenoxy) is 1. The average molecular weight is 236 g/mol. The van der Waals surface area contributed by atoms with Crippen molar-refractivity contribution in [3.05, 3.63) is 23.8 Å². The topological polar surface area (TPSA) is 61.8 Å². The van der Waals surface area contributed by atoms with Gasteiger partial charge in [-0.1, -0.05) is 0 Å². The van der Waals surface area contributed by atoms with Gasteiger partial charge >= 0.3 is 5.97 Å². The van der Waals surface area contributed by atoms with Crippen molar-refractivity contribution >= 4 is 11.7 Å². The number of carbonyl (C=O) groups is 1. The van der Waals surface area contributed by atoms with Crippen LogP contribution < -0.4 is 15.0 Å². The molecule has 0 aromatic heterocycles. The molecule has 2 N–H and O–H groups in total. The Morgan fingerprint density at radius 2 is 2.41 bits per heavy atom. The first kappa shape index (κ1) is 11.7. The lowest BCUT2D eigenvalue weighted by molar-refractivity contribution is 0.0696. The summed E-state index contributed by atoms with van der Waals surface area (Å²) in [5.74, 6) is -0.295. The molecule has 5 nitrogen and oxygen atoms in total. The van der Waals surface area contributed by atoms with Crippen molar-refractivity contribution in [2.75, 3.05) is 32.1 Å². The van der Waals surface area contributed by atoms with E-state index in [1.807, 2.05) is 14.1 Å². The Kier molecular flexibility index (Phi) is 3.19. The van der Waals surface area contributed by atoms with Crippen LogP contribution >= 0.6 is 0 Å². The molecule has 0 bridgehead atoms. The Labute approximate surface area is 100.0 Å². The van der Waals surface area contributed by atoms with Crippen LogP contribution in [-0.4, -0.2) is 44.4 Å². The molecule has 1 aromatic carbocycles. The quantitative estimate of drug-likeness (QED) is 0.813. The van der Waals surface area contributed by atoms with Crippen molar-refractivity contribution < 1.29 is 14.6 Å². The van der Waals surface area contributed by atoms with E-state index < -0.39 is 5.97 Å². The predicted molar refractivity (Wildman–Crippen MR) is 65.0 cm³/mol. The molecule has 0 amide bonds. The third kappa shape index (κ3) is 2.19. The highest BCUT2D eigenvalue weighted by atomic mass is 16.5. The zero-order valence-electron chi connectivity index (χ0n) is 9.93. The maximum Gasteiger partial charge on any atom is 0.335 e. The molecule has 0 fully saturated rings. The first-order chi connectivity index (χ1) is 8.13. The smallest absolute Gasteiger partial charge is 0.335 e. The summed E-state index contributed by atoms with van der Waals surface area (Å²) >= 11 is 0. The Morgan fingerprint density at radius 3 is 3.06 bits per heavy atom. The number of likely N-dealkylation sites (N-methyl/N-ethyl adjacent to an activating group) is 2. The van der Waals surface area contributed by atoms with E-state index in [0.717, 1.165) is 12.2 Å². The lowest BCUT2D eigenvalue weighted by Gasteiger charge is -2.35. The van der Waals surface area contributed by atoms with Crippen molar-refractivity contribution in [3.63, 3.8) is 0 Å². The summed E-state index contributed by atoms with van der Waals surface area (Å²) in [6.07, 6.45) is 0. The van der Waals surface area contributed by atoms with Crippen LogP contribution in [0, 0.1) is 0 Å². The minimum absolute atomic E-state index is 0.254. The van der Waals surface area contributed by atoms with E-state index in [1.54, 1.807) is 18.2 Å². The number of anilines is 1. The predicted octanol–water partition coefficient (Wildman–Crippen LogP) is 0.801. The van der Waals surface area contributed by atoms with E-state index in [-0.39, 0.29) is 11.6 Å². The van der Waals surface area contributed by atoms with Crippen LogP contribution in [0.5, 0.6) is 5.75 Å². The van der Waals surface area contributed by atoms with Gasteiger partial charge in [-0.15, -0.1) is 0 Å². The first-order valence-electron chi connectivity index (χ1n) is 5.51. The number of rotatable bonds is 3. The molecule has 5 heteroatoms. The molecular weight excluding hydrogens is 220 g/mol. The fraction of sp³-hybridized carbons (Fsp3) is 0.417. The van der Waals surface area contributed by atoms with Gasteiger partial charge in [-0.05, 0) is 25.2 Å². The second-order valence-corrected chi connectivity index (χ2v) is 4.12. The normalized spacial score (nSPS) is 18.5. The summed E-state index contributed by atoms with van der Waals surface area (Å²) in [6.45, 7) is 1.39. The SMILES string of the molecule is CNCC1COc2cc(C(=O)O)ccc2N1C. The van der Waals surface area contributed by atoms with Crippen molar-refractivity contribution in [2.45, 2.75) is 6.04 Å². The second-order valence-electron chi connectivity index (χ2n) is 4.12. The fourth-order valence-corrected chi connectivity index (χ4v) is 1.98. The Morgan fingerprint density at radius 1 is 1.65 bits per heavy atom. The molecule has 92 valence electrons. The fourth-order valence-electron chi connectivity index (χ4n) is 1.98. The molecule has 1 aliphatic heterocycles. The molecule has 1 atom stereocenters. The molecule has 2 rings (SSSR count). The number of carboxylic acids is 1. The minimum Gasteiger partial charge on any atom is -0.489 e. The number of hydrogen-bond donors (Lipinski definition) is 2. The van der Waals surface area contributed by atoms with Crippen molar-refractivity contribution in [1.29, 1.82) is 0 Å². The molecule has 1 aromatic rings. The molecule has 0 saturated carbocycles. The van der Waals surface area contributed by atoms with Gasteiger partial charge in [-0.25, -0.2) is 4.79 Å². The number of benzene rings is 1. The standard InChI is InChI=1S/C12H16N2O3/c1-13-6-9-7-17-11-5-8(12(15)16)3-4-10(11)14(9)2/h3-5,9,13H,6-7H2,1-2H3,(H,15,16). The van der Waals surface area contributed by atoms with Gasteiger partial charge in [-0.2, -0.15) is 0 Å². The Hall–Kier alpha value is -1.75. The van der Waals surface area contributed by atoms with E-state index in [1.165, 1.54) is 0 Å². The lowest BCUT2D eigenvalue weighted by atomic mass is 10.1. The van der Waals surface area contributed by atoms with Gasteiger partial charge in [0.25, 0.3) is 0 Å². The van der Waals surface area contributed by atoms with Crippen LogP contribution in [0.15, 0.2) is 18.2 Å². The van der Waals surface area contributed by atoms with Gasteiger partial charge < -0.3 is 20.1 Å². The van der Waals surface area contributed by atoms with Crippen LogP contribution in [-0.2, 0) is 0 Å². The highest BCUT2D eigenvalue weighted by molar-refractivity contribution is 5.89. The van der Waals surface area contributed by atoms with Crippen molar-refractivity contribution in [1.82, 2.24) is 5.32 Å². The van der Waals surface area contributed by atoms with E-state index in [0.29, 0.717) is 12.4 Å². The van der Waals surface area contributed by atoms with Gasteiger partial charge in [0.2, 0.25) is 0 Å². The summed E-state index contributed by atoms with van der Waals surface area (Å²) in [5, 5.41) is 12.0. The largest absolute Gasteiger partial charge is 0.489 e. The highest BCUT2D eigenvalue weighted by Crippen LogP contribution is 2.33. The molecule has 0 spiro atoms. The zero-order valence-corrected chi connectivity index (χ0v) is 9.93. The number of fused-ring (bicyclic) bond motifs is 1. The number of nitrogens with one attached hydrogen (secondary N) is 1. The van der Waals surface area contributed by atoms with E-state index in [9.17, 15) is 4.79 Å². The maximum atomic E-state index is 10.9. The maximum absolute atomic E-state index is 10.9. The van der Waals surface area contributed by atoms with Crippen molar-refractivity contribution in [3.8, 4) is 5.75 Å². The van der Waals surface area contributed by atoms with Gasteiger partial charge in [-0.3, -0.25) is 0 Å². The minimum atomic E-state index is -0.934. The number of nitrogens with zero attached hydrogens (tertiary/aromatic N) is 1. The second kappa shape index (κ2) is 4.63. The van der Waals surface area contributed by atoms with E-state index in [2.05, 4.69) is 10.2 Å². The summed E-state index contributed by atoms with van der Waals surface area (Å²) in [5.41, 5.74) is 1.19. The Bertz CT molecular complexity index is 434. The monoisotopic (exact) mass is 236 g/mol. The van der Waals surface area contributed by atoms with Gasteiger partial charge in [0.15, 0.2) is 0 Å². The Balaban J connectivity index is 2.29. The third-order valence-electron chi connectivity index (χ3n) is 3.01. The number of carboxylic acid groups (broad SMARTS) is 1. The summed E-state index contributed by atoms with van der Waals surface area (Å²) in [6, 6.07) is 5.23. The van der Waals surface area contributed by atoms with E-state index >= 15 is 0 Å². The van der Waals surface area contributed by atoms with Gasteiger partial charge in [0.1, 0.15) is 12.4 Å². The molecule has 1 unspecified atom stereocenters. The summed E-state index contributed by atoms with van der Waals surface area (Å²) in [7, 11) is 3.89. The molecule has 0 aliphatic carbocycles.